The fourth-order valence-electron chi connectivity index (χ4n) is 3.37. The summed E-state index contributed by atoms with van der Waals surface area (Å²) in [6.07, 6.45) is 3.40. The summed E-state index contributed by atoms with van der Waals surface area (Å²) in [5.74, 6) is -1.43. The van der Waals surface area contributed by atoms with Crippen molar-refractivity contribution in [1.29, 1.82) is 0 Å². The van der Waals surface area contributed by atoms with E-state index in [1.165, 1.54) is 12.1 Å². The summed E-state index contributed by atoms with van der Waals surface area (Å²) < 4.78 is 23.2. The summed E-state index contributed by atoms with van der Waals surface area (Å²) in [5, 5.41) is 20.3. The van der Waals surface area contributed by atoms with Gasteiger partial charge in [0, 0.05) is 5.56 Å². The van der Waals surface area contributed by atoms with Crippen LogP contribution in [0.25, 0.3) is 11.1 Å². The molecule has 11 heteroatoms. The van der Waals surface area contributed by atoms with E-state index in [0.29, 0.717) is 28.2 Å². The van der Waals surface area contributed by atoms with Gasteiger partial charge in [0.2, 0.25) is 22.3 Å². The lowest BCUT2D eigenvalue weighted by Crippen LogP contribution is -2.43. The number of unbranched alkanes of at least 4 members (excludes halogenated alkanes) is 2. The number of benzene rings is 2. The third-order valence-electron chi connectivity index (χ3n) is 5.19. The van der Waals surface area contributed by atoms with Gasteiger partial charge < -0.3 is 10.6 Å². The average Bonchev–Trinajstić information content (AvgIpc) is 2.82. The molecule has 0 heterocycles. The molecule has 2 aromatic carbocycles. The molecule has 0 radical (unpaired) electrons. The van der Waals surface area contributed by atoms with Gasteiger partial charge in [0.05, 0.1) is 24.0 Å². The topological polar surface area (TPSA) is 159 Å². The van der Waals surface area contributed by atoms with E-state index in [4.69, 9.17) is 5.14 Å². The van der Waals surface area contributed by atoms with Gasteiger partial charge in [0.15, 0.2) is 0 Å². The first kappa shape index (κ1) is 27.0. The second-order valence-electron chi connectivity index (χ2n) is 7.80. The maximum atomic E-state index is 12.6. The Balaban J connectivity index is 2.01. The molecule has 10 nitrogen and oxygen atoms in total. The second kappa shape index (κ2) is 12.8. The molecule has 0 bridgehead atoms. The highest BCUT2D eigenvalue weighted by molar-refractivity contribution is 7.89. The molecule has 0 saturated carbocycles. The number of hydroxylamine groups is 2. The molecule has 0 aliphatic heterocycles. The Hall–Kier alpha value is -3.28. The van der Waals surface area contributed by atoms with Crippen molar-refractivity contribution >= 4 is 28.2 Å². The number of primary sulfonamides is 1. The van der Waals surface area contributed by atoms with Crippen molar-refractivity contribution in [1.82, 2.24) is 15.7 Å². The van der Waals surface area contributed by atoms with Gasteiger partial charge in [-0.15, -0.1) is 0 Å². The average molecular weight is 491 g/mol. The van der Waals surface area contributed by atoms with E-state index in [1.807, 2.05) is 6.92 Å². The van der Waals surface area contributed by atoms with Gasteiger partial charge in [0.25, 0.3) is 5.91 Å². The number of sulfonamides is 1. The van der Waals surface area contributed by atoms with E-state index in [9.17, 15) is 28.0 Å². The molecule has 3 amide bonds. The van der Waals surface area contributed by atoms with E-state index >= 15 is 0 Å². The highest BCUT2D eigenvalue weighted by Gasteiger charge is 2.20. The van der Waals surface area contributed by atoms with E-state index in [1.54, 1.807) is 36.4 Å². The molecule has 0 aliphatic rings. The molecule has 0 aromatic heterocycles. The minimum absolute atomic E-state index is 0.0351. The number of nitrogens with two attached hydrogens (primary N) is 1. The predicted molar refractivity (Wildman–Crippen MR) is 126 cm³/mol. The van der Waals surface area contributed by atoms with Crippen molar-refractivity contribution in [3.63, 3.8) is 0 Å². The molecule has 0 spiro atoms. The van der Waals surface area contributed by atoms with E-state index in [2.05, 4.69) is 10.6 Å². The Morgan fingerprint density at radius 3 is 2.41 bits per heavy atom. The minimum atomic E-state index is -3.86. The summed E-state index contributed by atoms with van der Waals surface area (Å²) in [4.78, 5) is 35.7. The maximum Gasteiger partial charge on any atom is 0.252 e. The molecule has 34 heavy (non-hydrogen) atoms. The number of carbonyl (C=O) groups excluding carboxylic acids is 3. The van der Waals surface area contributed by atoms with E-state index in [-0.39, 0.29) is 30.4 Å². The van der Waals surface area contributed by atoms with Crippen LogP contribution >= 0.6 is 0 Å². The summed E-state index contributed by atoms with van der Waals surface area (Å²) in [5.41, 5.74) is 1.51. The Bertz CT molecular complexity index is 1110. The first-order valence-electron chi connectivity index (χ1n) is 10.9. The highest BCUT2D eigenvalue weighted by atomic mass is 32.2. The number of hydrogen-bond donors (Lipinski definition) is 4. The van der Waals surface area contributed by atoms with E-state index in [0.717, 1.165) is 19.3 Å². The lowest BCUT2D eigenvalue weighted by atomic mass is 10.0. The van der Waals surface area contributed by atoms with Gasteiger partial charge in [-0.25, -0.2) is 18.6 Å². The van der Waals surface area contributed by atoms with Crippen LogP contribution in [-0.4, -0.2) is 50.1 Å². The number of rotatable bonds is 13. The molecule has 5 N–H and O–H groups in total. The third kappa shape index (κ3) is 8.25. The van der Waals surface area contributed by atoms with Crippen molar-refractivity contribution in [3.05, 3.63) is 54.1 Å². The molecule has 184 valence electrons. The minimum Gasteiger partial charge on any atom is -0.338 e. The lowest BCUT2D eigenvalue weighted by Gasteiger charge is -2.19. The van der Waals surface area contributed by atoms with Crippen LogP contribution in [-0.2, 0) is 19.6 Å². The quantitative estimate of drug-likeness (QED) is 0.110. The number of nitrogens with zero attached hydrogens (tertiary/aromatic N) is 1. The zero-order chi connectivity index (χ0) is 25.1. The van der Waals surface area contributed by atoms with Crippen LogP contribution in [0.3, 0.4) is 0 Å². The van der Waals surface area contributed by atoms with Crippen LogP contribution in [0.15, 0.2) is 53.4 Å². The number of amides is 3. The van der Waals surface area contributed by atoms with E-state index < -0.39 is 21.8 Å². The lowest BCUT2D eigenvalue weighted by molar-refractivity contribution is -0.154. The second-order valence-corrected chi connectivity index (χ2v) is 9.36. The van der Waals surface area contributed by atoms with Crippen molar-refractivity contribution in [2.75, 3.05) is 13.2 Å². The van der Waals surface area contributed by atoms with Crippen LogP contribution in [0, 0.1) is 5.92 Å². The molecule has 0 fully saturated rings. The fraction of sp³-hybridized carbons (Fsp3) is 0.348. The molecule has 0 saturated heterocycles. The van der Waals surface area contributed by atoms with Crippen LogP contribution in [0.1, 0.15) is 43.0 Å². The van der Waals surface area contributed by atoms with Gasteiger partial charge in [-0.3, -0.25) is 19.6 Å². The van der Waals surface area contributed by atoms with Gasteiger partial charge in [0.1, 0.15) is 0 Å². The Morgan fingerprint density at radius 2 is 1.76 bits per heavy atom. The smallest absolute Gasteiger partial charge is 0.252 e. The maximum absolute atomic E-state index is 12.6. The Labute approximate surface area is 199 Å². The summed E-state index contributed by atoms with van der Waals surface area (Å²) in [6.45, 7) is 1.76. The number of hydrogen-bond acceptors (Lipinski definition) is 6. The van der Waals surface area contributed by atoms with Crippen LogP contribution in [0.5, 0.6) is 0 Å². The summed E-state index contributed by atoms with van der Waals surface area (Å²) in [7, 11) is -3.86. The summed E-state index contributed by atoms with van der Waals surface area (Å²) in [6, 6.07) is 12.7. The Kier molecular flexibility index (Phi) is 10.2. The van der Waals surface area contributed by atoms with Crippen molar-refractivity contribution < 1.29 is 28.0 Å². The Morgan fingerprint density at radius 1 is 1.09 bits per heavy atom. The predicted octanol–water partition coefficient (Wildman–Crippen LogP) is 1.85. The normalized spacial score (nSPS) is 12.0. The SMILES string of the molecule is CCCCC[C@H](CN(O)C=O)C(=O)NCNC(=O)c1cccc(-c2cccc(S(N)(=O)=O)c2)c1. The molecular formula is C23H30N4O6S. The molecule has 0 aliphatic carbocycles. The zero-order valence-electron chi connectivity index (χ0n) is 18.9. The van der Waals surface area contributed by atoms with Crippen molar-refractivity contribution in [2.24, 2.45) is 11.1 Å². The van der Waals surface area contributed by atoms with Gasteiger partial charge in [-0.2, -0.15) is 0 Å². The van der Waals surface area contributed by atoms with Gasteiger partial charge in [-0.1, -0.05) is 50.5 Å². The monoisotopic (exact) mass is 490 g/mol. The van der Waals surface area contributed by atoms with Crippen molar-refractivity contribution in [3.8, 4) is 11.1 Å². The molecule has 0 unspecified atom stereocenters. The molecule has 1 atom stereocenters. The third-order valence-corrected chi connectivity index (χ3v) is 6.10. The molecule has 2 aromatic rings. The number of carbonyl (C=O) groups is 3. The largest absolute Gasteiger partial charge is 0.338 e. The first-order valence-corrected chi connectivity index (χ1v) is 12.4. The van der Waals surface area contributed by atoms with Gasteiger partial charge in [-0.05, 0) is 41.8 Å². The van der Waals surface area contributed by atoms with Gasteiger partial charge >= 0.3 is 0 Å². The van der Waals surface area contributed by atoms with Crippen LogP contribution < -0.4 is 15.8 Å². The molecule has 2 rings (SSSR count). The summed E-state index contributed by atoms with van der Waals surface area (Å²) >= 11 is 0. The highest BCUT2D eigenvalue weighted by Crippen LogP contribution is 2.23. The zero-order valence-corrected chi connectivity index (χ0v) is 19.8. The first-order chi connectivity index (χ1) is 16.2. The van der Waals surface area contributed by atoms with Crippen LogP contribution in [0.4, 0.5) is 0 Å². The number of nitrogens with one attached hydrogen (secondary N) is 2. The standard InChI is InChI=1S/C23H30N4O6S/c1-2-3-4-7-20(14-27(31)16-28)23(30)26-15-25-22(29)19-10-5-8-17(12-19)18-9-6-11-21(13-18)34(24,32)33/h5-6,8-13,16,20,31H,2-4,7,14-15H2,1H3,(H,25,29)(H,26,30)(H2,24,32,33)/t20-/m1/s1. The fourth-order valence-corrected chi connectivity index (χ4v) is 3.92. The molecular weight excluding hydrogens is 460 g/mol. The van der Waals surface area contributed by atoms with Crippen LogP contribution in [0.2, 0.25) is 0 Å². The van der Waals surface area contributed by atoms with Crippen molar-refractivity contribution in [2.45, 2.75) is 37.5 Å².